The number of anilines is 6. The molecule has 0 spiro atoms. The van der Waals surface area contributed by atoms with E-state index in [-0.39, 0.29) is 11.2 Å². The van der Waals surface area contributed by atoms with E-state index < -0.39 is 0 Å². The second kappa shape index (κ2) is 16.6. The Balaban J connectivity index is 1.01. The van der Waals surface area contributed by atoms with E-state index in [9.17, 15) is 4.79 Å². The molecule has 0 saturated carbocycles. The van der Waals surface area contributed by atoms with E-state index in [2.05, 4.69) is 253 Å². The molecule has 0 N–H and O–H groups in total. The first-order valence-electron chi connectivity index (χ1n) is 23.3. The standard InChI is InChI=1S/C64H47N3O/c1-64(2)59-32-16-15-31-55(59)63(68)56-36-33-47(41-60(56)64)45-20-17-19-44(39-45)46-21-18-30-52(40-46)67-61-37-34-53(65(48-22-7-3-8-23-48)49-24-9-4-10-25-49)42-57(61)58-43-54(35-38-62(58)67)66(50-26-11-5-12-27-50)51-28-13-6-14-29-51/h3-43H,1-2H3. The van der Waals surface area contributed by atoms with Crippen LogP contribution in [0.25, 0.3) is 49.7 Å². The highest BCUT2D eigenvalue weighted by molar-refractivity contribution is 6.14. The number of fused-ring (bicyclic) bond motifs is 5. The monoisotopic (exact) mass is 873 g/mol. The van der Waals surface area contributed by atoms with Crippen molar-refractivity contribution in [2.45, 2.75) is 19.3 Å². The van der Waals surface area contributed by atoms with Crippen molar-refractivity contribution >= 4 is 61.7 Å². The lowest BCUT2D eigenvalue weighted by atomic mass is 9.68. The van der Waals surface area contributed by atoms with Crippen LogP contribution in [0.4, 0.5) is 34.1 Å². The number of rotatable bonds is 9. The number of benzene rings is 10. The maximum absolute atomic E-state index is 13.7. The summed E-state index contributed by atoms with van der Waals surface area (Å²) in [4.78, 5) is 18.4. The summed E-state index contributed by atoms with van der Waals surface area (Å²) in [5.41, 5.74) is 17.7. The molecule has 1 aromatic heterocycles. The zero-order valence-corrected chi connectivity index (χ0v) is 37.9. The third-order valence-corrected chi connectivity index (χ3v) is 13.7. The molecule has 10 aromatic carbocycles. The van der Waals surface area contributed by atoms with Gasteiger partial charge in [-0.3, -0.25) is 4.79 Å². The van der Waals surface area contributed by atoms with Crippen LogP contribution < -0.4 is 9.80 Å². The van der Waals surface area contributed by atoms with E-state index in [1.54, 1.807) is 0 Å². The second-order valence-electron chi connectivity index (χ2n) is 18.1. The van der Waals surface area contributed by atoms with E-state index >= 15 is 0 Å². The molecule has 0 saturated heterocycles. The zero-order valence-electron chi connectivity index (χ0n) is 37.9. The Morgan fingerprint density at radius 2 is 0.765 bits per heavy atom. The van der Waals surface area contributed by atoms with Gasteiger partial charge in [-0.1, -0.05) is 153 Å². The van der Waals surface area contributed by atoms with E-state index in [0.29, 0.717) is 0 Å². The van der Waals surface area contributed by atoms with Gasteiger partial charge in [-0.2, -0.15) is 0 Å². The van der Waals surface area contributed by atoms with Crippen LogP contribution in [0, 0.1) is 0 Å². The van der Waals surface area contributed by atoms with Gasteiger partial charge in [0.2, 0.25) is 0 Å². The van der Waals surface area contributed by atoms with E-state index in [0.717, 1.165) is 106 Å². The summed E-state index contributed by atoms with van der Waals surface area (Å²) in [7, 11) is 0. The fourth-order valence-electron chi connectivity index (χ4n) is 10.4. The van der Waals surface area contributed by atoms with Crippen LogP contribution in [-0.2, 0) is 5.41 Å². The van der Waals surface area contributed by atoms with Gasteiger partial charge in [0, 0.05) is 67.1 Å². The van der Waals surface area contributed by atoms with Gasteiger partial charge >= 0.3 is 0 Å². The highest BCUT2D eigenvalue weighted by Gasteiger charge is 2.36. The highest BCUT2D eigenvalue weighted by atomic mass is 16.1. The van der Waals surface area contributed by atoms with E-state index in [4.69, 9.17) is 0 Å². The van der Waals surface area contributed by atoms with Gasteiger partial charge in [0.1, 0.15) is 0 Å². The maximum atomic E-state index is 13.7. The summed E-state index contributed by atoms with van der Waals surface area (Å²) in [6, 6.07) is 88.3. The Labute approximate surface area is 397 Å². The van der Waals surface area contributed by atoms with Crippen LogP contribution in [0.2, 0.25) is 0 Å². The molecule has 0 unspecified atom stereocenters. The van der Waals surface area contributed by atoms with Crippen LogP contribution in [0.3, 0.4) is 0 Å². The van der Waals surface area contributed by atoms with Gasteiger partial charge in [0.05, 0.1) is 11.0 Å². The van der Waals surface area contributed by atoms with Crippen molar-refractivity contribution in [3.05, 3.63) is 271 Å². The molecule has 11 aromatic rings. The first-order chi connectivity index (χ1) is 33.4. The molecular formula is C64H47N3O. The Hall–Kier alpha value is -8.73. The number of carbonyl (C=O) groups excluding carboxylic acids is 1. The van der Waals surface area contributed by atoms with E-state index in [1.807, 2.05) is 24.3 Å². The summed E-state index contributed by atoms with van der Waals surface area (Å²) in [5, 5.41) is 2.31. The van der Waals surface area contributed by atoms with Gasteiger partial charge in [-0.15, -0.1) is 0 Å². The predicted molar refractivity (Wildman–Crippen MR) is 283 cm³/mol. The number of carbonyl (C=O) groups is 1. The number of ketones is 1. The topological polar surface area (TPSA) is 28.5 Å². The van der Waals surface area contributed by atoms with Crippen LogP contribution in [-0.4, -0.2) is 10.4 Å². The SMILES string of the molecule is CC1(C)c2ccccc2C(=O)c2ccc(-c3cccc(-c4cccc(-n5c6ccc(N(c7ccccc7)c7ccccc7)cc6c6cc(N(c7ccccc7)c7ccccc7)ccc65)c4)c3)cc21. The molecule has 0 aliphatic heterocycles. The van der Waals surface area contributed by atoms with Crippen molar-refractivity contribution in [2.75, 3.05) is 9.80 Å². The van der Waals surface area contributed by atoms with Crippen LogP contribution in [0.5, 0.6) is 0 Å². The van der Waals surface area contributed by atoms with Crippen molar-refractivity contribution in [2.24, 2.45) is 0 Å². The van der Waals surface area contributed by atoms with Crippen LogP contribution in [0.15, 0.2) is 249 Å². The largest absolute Gasteiger partial charge is 0.310 e. The smallest absolute Gasteiger partial charge is 0.193 e. The lowest BCUT2D eigenvalue weighted by Crippen LogP contribution is -2.30. The molecule has 0 fully saturated rings. The van der Waals surface area contributed by atoms with Crippen molar-refractivity contribution in [1.82, 2.24) is 4.57 Å². The predicted octanol–water partition coefficient (Wildman–Crippen LogP) is 16.9. The minimum Gasteiger partial charge on any atom is -0.310 e. The summed E-state index contributed by atoms with van der Waals surface area (Å²) < 4.78 is 2.41. The minimum absolute atomic E-state index is 0.0963. The molecule has 12 rings (SSSR count). The molecule has 0 radical (unpaired) electrons. The van der Waals surface area contributed by atoms with Gasteiger partial charge in [0.25, 0.3) is 0 Å². The van der Waals surface area contributed by atoms with Crippen LogP contribution in [0.1, 0.15) is 40.9 Å². The molecule has 1 aliphatic rings. The first kappa shape index (κ1) is 40.8. The normalized spacial score (nSPS) is 12.7. The molecule has 0 amide bonds. The fraction of sp³-hybridized carbons (Fsp3) is 0.0469. The minimum atomic E-state index is -0.311. The lowest BCUT2D eigenvalue weighted by molar-refractivity contribution is 0.103. The molecule has 324 valence electrons. The summed E-state index contributed by atoms with van der Waals surface area (Å²) in [5.74, 6) is 0.0963. The molecule has 1 aliphatic carbocycles. The molecule has 4 heteroatoms. The van der Waals surface area contributed by atoms with Crippen molar-refractivity contribution < 1.29 is 4.79 Å². The molecule has 0 bridgehead atoms. The Morgan fingerprint density at radius 3 is 1.28 bits per heavy atom. The molecule has 4 nitrogen and oxygen atoms in total. The average Bonchev–Trinajstić information content (AvgIpc) is 3.72. The fourth-order valence-corrected chi connectivity index (χ4v) is 10.4. The lowest BCUT2D eigenvalue weighted by Gasteiger charge is -2.34. The van der Waals surface area contributed by atoms with E-state index in [1.165, 1.54) is 0 Å². The summed E-state index contributed by atoms with van der Waals surface area (Å²) >= 11 is 0. The number of nitrogens with zero attached hydrogens (tertiary/aromatic N) is 3. The van der Waals surface area contributed by atoms with Gasteiger partial charge < -0.3 is 14.4 Å². The quantitative estimate of drug-likeness (QED) is 0.145. The Kier molecular flexibility index (Phi) is 9.95. The average molecular weight is 874 g/mol. The first-order valence-corrected chi connectivity index (χ1v) is 23.3. The van der Waals surface area contributed by atoms with Gasteiger partial charge in [-0.05, 0) is 143 Å². The number of aromatic nitrogens is 1. The van der Waals surface area contributed by atoms with Crippen LogP contribution >= 0.6 is 0 Å². The van der Waals surface area contributed by atoms with Gasteiger partial charge in [0.15, 0.2) is 5.78 Å². The Bertz CT molecular complexity index is 3450. The molecule has 0 atom stereocenters. The summed E-state index contributed by atoms with van der Waals surface area (Å²) in [6.07, 6.45) is 0. The van der Waals surface area contributed by atoms with Gasteiger partial charge in [-0.25, -0.2) is 0 Å². The maximum Gasteiger partial charge on any atom is 0.193 e. The molecule has 1 heterocycles. The highest BCUT2D eigenvalue weighted by Crippen LogP contribution is 2.45. The third-order valence-electron chi connectivity index (χ3n) is 13.7. The summed E-state index contributed by atoms with van der Waals surface area (Å²) in [6.45, 7) is 4.45. The Morgan fingerprint density at radius 1 is 0.338 bits per heavy atom. The number of hydrogen-bond acceptors (Lipinski definition) is 3. The van der Waals surface area contributed by atoms with Crippen molar-refractivity contribution in [3.8, 4) is 27.9 Å². The zero-order chi connectivity index (χ0) is 45.8. The molecular weight excluding hydrogens is 827 g/mol. The van der Waals surface area contributed by atoms with Crippen molar-refractivity contribution in [1.29, 1.82) is 0 Å². The second-order valence-corrected chi connectivity index (χ2v) is 18.1. The number of hydrogen-bond donors (Lipinski definition) is 0. The van der Waals surface area contributed by atoms with Crippen molar-refractivity contribution in [3.63, 3.8) is 0 Å². The number of para-hydroxylation sites is 4. The third kappa shape index (κ3) is 6.97. The molecule has 68 heavy (non-hydrogen) atoms.